The fourth-order valence-electron chi connectivity index (χ4n) is 2.13. The van der Waals surface area contributed by atoms with Crippen LogP contribution < -0.4 is 10.5 Å². The minimum atomic E-state index is -0.116. The van der Waals surface area contributed by atoms with Gasteiger partial charge in [-0.15, -0.1) is 16.4 Å². The summed E-state index contributed by atoms with van der Waals surface area (Å²) < 4.78 is 1.38. The number of anilines is 1. The van der Waals surface area contributed by atoms with Gasteiger partial charge in [-0.2, -0.15) is 4.52 Å². The van der Waals surface area contributed by atoms with Crippen LogP contribution in [-0.2, 0) is 13.0 Å². The molecule has 0 aromatic carbocycles. The SMILES string of the molecule is CCCc1cc(=O)n2nc(N(C)Cc3nc(C)cs3)sc2n1. The van der Waals surface area contributed by atoms with Gasteiger partial charge in [0.2, 0.25) is 10.1 Å². The van der Waals surface area contributed by atoms with Crippen molar-refractivity contribution in [3.63, 3.8) is 0 Å². The molecule has 3 rings (SSSR count). The van der Waals surface area contributed by atoms with Crippen molar-refractivity contribution in [3.8, 4) is 0 Å². The highest BCUT2D eigenvalue weighted by Gasteiger charge is 2.13. The smallest absolute Gasteiger partial charge is 0.275 e. The summed E-state index contributed by atoms with van der Waals surface area (Å²) in [5, 5.41) is 8.21. The quantitative estimate of drug-likeness (QED) is 0.717. The molecule has 0 aliphatic rings. The zero-order valence-corrected chi connectivity index (χ0v) is 14.4. The van der Waals surface area contributed by atoms with Gasteiger partial charge in [-0.25, -0.2) is 9.97 Å². The second-order valence-corrected chi connectivity index (χ2v) is 7.03. The van der Waals surface area contributed by atoms with Gasteiger partial charge in [0.15, 0.2) is 0 Å². The van der Waals surface area contributed by atoms with Gasteiger partial charge >= 0.3 is 0 Å². The maximum absolute atomic E-state index is 12.1. The molecule has 3 aromatic heterocycles. The van der Waals surface area contributed by atoms with Gasteiger partial charge in [0.25, 0.3) is 5.56 Å². The fourth-order valence-corrected chi connectivity index (χ4v) is 3.84. The standard InChI is InChI=1S/C14H17N5OS2/c1-4-5-10-6-12(20)19-13(16-10)22-14(17-19)18(3)7-11-15-9(2)8-21-11/h6,8H,4-5,7H2,1-3H3. The second kappa shape index (κ2) is 6.13. The predicted octanol–water partition coefficient (Wildman–Crippen LogP) is 2.50. The molecule has 0 spiro atoms. The van der Waals surface area contributed by atoms with E-state index in [4.69, 9.17) is 0 Å². The van der Waals surface area contributed by atoms with Gasteiger partial charge in [-0.05, 0) is 13.3 Å². The number of aromatic nitrogens is 4. The molecular formula is C14H17N5OS2. The van der Waals surface area contributed by atoms with Crippen LogP contribution in [0.5, 0.6) is 0 Å². The molecule has 0 radical (unpaired) electrons. The van der Waals surface area contributed by atoms with E-state index in [1.54, 1.807) is 17.4 Å². The largest absolute Gasteiger partial charge is 0.343 e. The Morgan fingerprint density at radius 2 is 2.18 bits per heavy atom. The van der Waals surface area contributed by atoms with Crippen LogP contribution in [0.3, 0.4) is 0 Å². The number of fused-ring (bicyclic) bond motifs is 1. The maximum Gasteiger partial charge on any atom is 0.275 e. The summed E-state index contributed by atoms with van der Waals surface area (Å²) in [5.41, 5.74) is 1.75. The first-order valence-electron chi connectivity index (χ1n) is 7.08. The van der Waals surface area contributed by atoms with Gasteiger partial charge in [-0.1, -0.05) is 24.7 Å². The number of hydrogen-bond acceptors (Lipinski definition) is 7. The van der Waals surface area contributed by atoms with Crippen LogP contribution in [0.1, 0.15) is 29.7 Å². The van der Waals surface area contributed by atoms with Crippen molar-refractivity contribution in [1.29, 1.82) is 0 Å². The lowest BCUT2D eigenvalue weighted by Gasteiger charge is -2.12. The number of hydrogen-bond donors (Lipinski definition) is 0. The van der Waals surface area contributed by atoms with Crippen LogP contribution in [0.25, 0.3) is 4.96 Å². The first-order valence-corrected chi connectivity index (χ1v) is 8.78. The predicted molar refractivity (Wildman–Crippen MR) is 90.1 cm³/mol. The summed E-state index contributed by atoms with van der Waals surface area (Å²) in [6.45, 7) is 4.73. The third-order valence-electron chi connectivity index (χ3n) is 3.16. The highest BCUT2D eigenvalue weighted by atomic mass is 32.1. The monoisotopic (exact) mass is 335 g/mol. The Kier molecular flexibility index (Phi) is 4.21. The zero-order chi connectivity index (χ0) is 15.7. The van der Waals surface area contributed by atoms with Crippen LogP contribution in [-0.4, -0.2) is 26.6 Å². The molecule has 0 saturated carbocycles. The van der Waals surface area contributed by atoms with E-state index in [1.807, 2.05) is 24.3 Å². The summed E-state index contributed by atoms with van der Waals surface area (Å²) >= 11 is 3.06. The molecule has 0 N–H and O–H groups in total. The fraction of sp³-hybridized carbons (Fsp3) is 0.429. The van der Waals surface area contributed by atoms with Crippen LogP contribution in [0, 0.1) is 6.92 Å². The van der Waals surface area contributed by atoms with E-state index in [1.165, 1.54) is 15.9 Å². The molecule has 0 saturated heterocycles. The Balaban J connectivity index is 1.90. The van der Waals surface area contributed by atoms with Gasteiger partial charge in [-0.3, -0.25) is 4.79 Å². The second-order valence-electron chi connectivity index (χ2n) is 5.15. The van der Waals surface area contributed by atoms with E-state index in [2.05, 4.69) is 22.0 Å². The third kappa shape index (κ3) is 3.02. The molecule has 0 aliphatic carbocycles. The van der Waals surface area contributed by atoms with E-state index >= 15 is 0 Å². The van der Waals surface area contributed by atoms with Crippen molar-refractivity contribution in [2.24, 2.45) is 0 Å². The van der Waals surface area contributed by atoms with Crippen molar-refractivity contribution in [2.75, 3.05) is 11.9 Å². The van der Waals surface area contributed by atoms with E-state index < -0.39 is 0 Å². The first kappa shape index (κ1) is 15.1. The summed E-state index contributed by atoms with van der Waals surface area (Å²) in [7, 11) is 1.95. The molecular weight excluding hydrogens is 318 g/mol. The van der Waals surface area contributed by atoms with Gasteiger partial charge in [0.05, 0.1) is 6.54 Å². The average Bonchev–Trinajstić information content (AvgIpc) is 3.06. The highest BCUT2D eigenvalue weighted by molar-refractivity contribution is 7.20. The van der Waals surface area contributed by atoms with Crippen molar-refractivity contribution < 1.29 is 0 Å². The topological polar surface area (TPSA) is 63.4 Å². The molecule has 0 aliphatic heterocycles. The minimum absolute atomic E-state index is 0.116. The van der Waals surface area contributed by atoms with Gasteiger partial charge < -0.3 is 4.90 Å². The number of thiazole rings is 1. The van der Waals surface area contributed by atoms with Crippen molar-refractivity contribution in [2.45, 2.75) is 33.2 Å². The molecule has 0 fully saturated rings. The third-order valence-corrected chi connectivity index (χ3v) is 5.13. The zero-order valence-electron chi connectivity index (χ0n) is 12.7. The van der Waals surface area contributed by atoms with Crippen molar-refractivity contribution in [3.05, 3.63) is 38.2 Å². The lowest BCUT2D eigenvalue weighted by molar-refractivity contribution is 0.819. The van der Waals surface area contributed by atoms with Gasteiger partial charge in [0, 0.05) is 29.9 Å². The summed E-state index contributed by atoms with van der Waals surface area (Å²) in [5.74, 6) is 0. The van der Waals surface area contributed by atoms with Crippen molar-refractivity contribution >= 4 is 32.8 Å². The van der Waals surface area contributed by atoms with Crippen LogP contribution >= 0.6 is 22.7 Å². The van der Waals surface area contributed by atoms with Crippen LogP contribution in [0.4, 0.5) is 5.13 Å². The Morgan fingerprint density at radius 1 is 1.36 bits per heavy atom. The summed E-state index contributed by atoms with van der Waals surface area (Å²) in [4.78, 5) is 23.7. The molecule has 116 valence electrons. The Bertz CT molecular complexity index is 850. The molecule has 3 heterocycles. The first-order chi connectivity index (χ1) is 10.6. The number of aryl methyl sites for hydroxylation is 2. The Morgan fingerprint density at radius 3 is 2.86 bits per heavy atom. The van der Waals surface area contributed by atoms with E-state index in [0.29, 0.717) is 11.5 Å². The molecule has 22 heavy (non-hydrogen) atoms. The Labute approximate surface area is 136 Å². The lowest BCUT2D eigenvalue weighted by Crippen LogP contribution is -2.18. The van der Waals surface area contributed by atoms with E-state index in [9.17, 15) is 4.79 Å². The number of rotatable bonds is 5. The molecule has 0 bridgehead atoms. The normalized spacial score (nSPS) is 11.2. The van der Waals surface area contributed by atoms with Crippen molar-refractivity contribution in [1.82, 2.24) is 19.6 Å². The molecule has 0 amide bonds. The van der Waals surface area contributed by atoms with Crippen LogP contribution in [0.2, 0.25) is 0 Å². The summed E-state index contributed by atoms with van der Waals surface area (Å²) in [6, 6.07) is 1.57. The van der Waals surface area contributed by atoms with Crippen LogP contribution in [0.15, 0.2) is 16.2 Å². The minimum Gasteiger partial charge on any atom is -0.343 e. The molecule has 0 unspecified atom stereocenters. The highest BCUT2D eigenvalue weighted by Crippen LogP contribution is 2.22. The number of nitrogens with zero attached hydrogens (tertiary/aromatic N) is 5. The molecule has 8 heteroatoms. The Hall–Kier alpha value is -1.80. The maximum atomic E-state index is 12.1. The lowest BCUT2D eigenvalue weighted by atomic mass is 10.2. The average molecular weight is 335 g/mol. The molecule has 0 atom stereocenters. The molecule has 3 aromatic rings. The van der Waals surface area contributed by atoms with E-state index in [-0.39, 0.29) is 5.56 Å². The van der Waals surface area contributed by atoms with Gasteiger partial charge in [0.1, 0.15) is 5.01 Å². The summed E-state index contributed by atoms with van der Waals surface area (Å²) in [6.07, 6.45) is 1.78. The van der Waals surface area contributed by atoms with E-state index in [0.717, 1.165) is 34.4 Å². The molecule has 6 nitrogen and oxygen atoms in total.